The Kier molecular flexibility index (Phi) is 3.00. The SMILES string of the molecule is c1ccc2c(c1)nnn2Cc1nc(N2CCNCC2)no1. The molecule has 2 aromatic heterocycles. The van der Waals surface area contributed by atoms with Gasteiger partial charge in [-0.2, -0.15) is 4.98 Å². The highest BCUT2D eigenvalue weighted by molar-refractivity contribution is 5.73. The third-order valence-electron chi connectivity index (χ3n) is 3.56. The molecule has 108 valence electrons. The first kappa shape index (κ1) is 12.3. The molecule has 1 aromatic carbocycles. The third kappa shape index (κ3) is 2.33. The van der Waals surface area contributed by atoms with E-state index in [2.05, 4.69) is 30.7 Å². The van der Waals surface area contributed by atoms with E-state index in [1.54, 1.807) is 4.68 Å². The maximum absolute atomic E-state index is 5.33. The summed E-state index contributed by atoms with van der Waals surface area (Å²) < 4.78 is 7.10. The van der Waals surface area contributed by atoms with Gasteiger partial charge in [0.15, 0.2) is 0 Å². The predicted octanol–water partition coefficient (Wildman–Crippen LogP) is 0.272. The van der Waals surface area contributed by atoms with Gasteiger partial charge < -0.3 is 14.7 Å². The first-order valence-electron chi connectivity index (χ1n) is 6.97. The molecule has 0 bridgehead atoms. The number of hydrogen-bond acceptors (Lipinski definition) is 7. The molecule has 21 heavy (non-hydrogen) atoms. The van der Waals surface area contributed by atoms with Gasteiger partial charge in [0.05, 0.1) is 5.52 Å². The quantitative estimate of drug-likeness (QED) is 0.739. The van der Waals surface area contributed by atoms with E-state index >= 15 is 0 Å². The van der Waals surface area contributed by atoms with Crippen LogP contribution in [0.4, 0.5) is 5.95 Å². The van der Waals surface area contributed by atoms with Gasteiger partial charge in [-0.15, -0.1) is 5.10 Å². The van der Waals surface area contributed by atoms with E-state index in [0.717, 1.165) is 37.2 Å². The molecule has 4 rings (SSSR count). The number of anilines is 1. The minimum Gasteiger partial charge on any atom is -0.336 e. The number of fused-ring (bicyclic) bond motifs is 1. The molecule has 1 fully saturated rings. The van der Waals surface area contributed by atoms with Crippen molar-refractivity contribution >= 4 is 17.0 Å². The van der Waals surface area contributed by atoms with Gasteiger partial charge in [0.1, 0.15) is 12.1 Å². The van der Waals surface area contributed by atoms with E-state index in [4.69, 9.17) is 4.52 Å². The summed E-state index contributed by atoms with van der Waals surface area (Å²) in [5, 5.41) is 15.6. The second kappa shape index (κ2) is 5.13. The average Bonchev–Trinajstić information content (AvgIpc) is 3.17. The maximum atomic E-state index is 5.33. The van der Waals surface area contributed by atoms with Crippen molar-refractivity contribution in [3.05, 3.63) is 30.2 Å². The van der Waals surface area contributed by atoms with Gasteiger partial charge >= 0.3 is 0 Å². The van der Waals surface area contributed by atoms with Crippen LogP contribution in [0.15, 0.2) is 28.8 Å². The number of benzene rings is 1. The molecule has 1 aliphatic heterocycles. The molecule has 0 spiro atoms. The summed E-state index contributed by atoms with van der Waals surface area (Å²) in [5.41, 5.74) is 1.82. The van der Waals surface area contributed by atoms with Crippen LogP contribution in [-0.4, -0.2) is 51.3 Å². The summed E-state index contributed by atoms with van der Waals surface area (Å²) in [7, 11) is 0. The fourth-order valence-corrected chi connectivity index (χ4v) is 2.47. The van der Waals surface area contributed by atoms with Crippen LogP contribution in [0.5, 0.6) is 0 Å². The standard InChI is InChI=1S/C13H15N7O/c1-2-4-11-10(3-1)16-18-20(11)9-12-15-13(17-21-12)19-7-5-14-6-8-19/h1-4,14H,5-9H2. The molecule has 0 amide bonds. The molecule has 3 aromatic rings. The lowest BCUT2D eigenvalue weighted by molar-refractivity contribution is 0.364. The minimum atomic E-state index is 0.430. The van der Waals surface area contributed by atoms with Gasteiger partial charge in [0, 0.05) is 26.2 Å². The van der Waals surface area contributed by atoms with Gasteiger partial charge in [-0.05, 0) is 17.3 Å². The molecule has 0 aliphatic carbocycles. The monoisotopic (exact) mass is 285 g/mol. The van der Waals surface area contributed by atoms with Crippen LogP contribution >= 0.6 is 0 Å². The zero-order valence-electron chi connectivity index (χ0n) is 11.4. The van der Waals surface area contributed by atoms with Crippen molar-refractivity contribution in [2.45, 2.75) is 6.54 Å². The fourth-order valence-electron chi connectivity index (χ4n) is 2.47. The number of hydrogen-bond donors (Lipinski definition) is 1. The molecule has 0 unspecified atom stereocenters. The molecule has 3 heterocycles. The van der Waals surface area contributed by atoms with Crippen molar-refractivity contribution in [1.82, 2.24) is 30.5 Å². The second-order valence-electron chi connectivity index (χ2n) is 4.96. The Balaban J connectivity index is 1.56. The zero-order valence-corrected chi connectivity index (χ0v) is 11.4. The van der Waals surface area contributed by atoms with E-state index in [-0.39, 0.29) is 0 Å². The van der Waals surface area contributed by atoms with Gasteiger partial charge in [-0.1, -0.05) is 17.3 Å². The molecular weight excluding hydrogens is 270 g/mol. The Morgan fingerprint density at radius 2 is 2.05 bits per heavy atom. The van der Waals surface area contributed by atoms with E-state index in [1.165, 1.54) is 0 Å². The lowest BCUT2D eigenvalue weighted by Gasteiger charge is -2.25. The van der Waals surface area contributed by atoms with Crippen molar-refractivity contribution in [3.8, 4) is 0 Å². The van der Waals surface area contributed by atoms with E-state index in [1.807, 2.05) is 24.3 Å². The van der Waals surface area contributed by atoms with Crippen molar-refractivity contribution in [3.63, 3.8) is 0 Å². The summed E-state index contributed by atoms with van der Waals surface area (Å²) in [4.78, 5) is 6.56. The zero-order chi connectivity index (χ0) is 14.1. The fraction of sp³-hybridized carbons (Fsp3) is 0.385. The molecule has 0 saturated carbocycles. The van der Waals surface area contributed by atoms with Crippen LogP contribution < -0.4 is 10.2 Å². The lowest BCUT2D eigenvalue weighted by Crippen LogP contribution is -2.44. The van der Waals surface area contributed by atoms with Crippen LogP contribution in [0.2, 0.25) is 0 Å². The van der Waals surface area contributed by atoms with Crippen molar-refractivity contribution in [2.24, 2.45) is 0 Å². The summed E-state index contributed by atoms with van der Waals surface area (Å²) in [6.07, 6.45) is 0. The largest absolute Gasteiger partial charge is 0.336 e. The molecule has 0 atom stereocenters. The predicted molar refractivity (Wildman–Crippen MR) is 76.0 cm³/mol. The average molecular weight is 285 g/mol. The highest BCUT2D eigenvalue weighted by Crippen LogP contribution is 2.14. The topological polar surface area (TPSA) is 84.9 Å². The number of piperazine rings is 1. The maximum Gasteiger partial charge on any atom is 0.266 e. The Labute approximate surface area is 120 Å². The third-order valence-corrected chi connectivity index (χ3v) is 3.56. The van der Waals surface area contributed by atoms with Crippen LogP contribution in [0, 0.1) is 0 Å². The smallest absolute Gasteiger partial charge is 0.266 e. The summed E-state index contributed by atoms with van der Waals surface area (Å²) in [6, 6.07) is 7.81. The summed E-state index contributed by atoms with van der Waals surface area (Å²) >= 11 is 0. The molecular formula is C13H15N7O. The normalized spacial score (nSPS) is 15.7. The Morgan fingerprint density at radius 3 is 2.95 bits per heavy atom. The summed E-state index contributed by atoms with van der Waals surface area (Å²) in [5.74, 6) is 1.19. The van der Waals surface area contributed by atoms with Gasteiger partial charge in [0.2, 0.25) is 5.89 Å². The number of para-hydroxylation sites is 1. The molecule has 8 nitrogen and oxygen atoms in total. The van der Waals surface area contributed by atoms with Gasteiger partial charge in [-0.3, -0.25) is 0 Å². The van der Waals surface area contributed by atoms with Crippen LogP contribution in [0.25, 0.3) is 11.0 Å². The van der Waals surface area contributed by atoms with Gasteiger partial charge in [-0.25, -0.2) is 4.68 Å². The second-order valence-corrected chi connectivity index (χ2v) is 4.96. The number of nitrogens with zero attached hydrogens (tertiary/aromatic N) is 6. The molecule has 1 aliphatic rings. The van der Waals surface area contributed by atoms with Gasteiger partial charge in [0.25, 0.3) is 5.95 Å². The number of nitrogens with one attached hydrogen (secondary N) is 1. The van der Waals surface area contributed by atoms with Crippen LogP contribution in [0.3, 0.4) is 0 Å². The molecule has 1 saturated heterocycles. The first-order valence-corrected chi connectivity index (χ1v) is 6.97. The lowest BCUT2D eigenvalue weighted by atomic mass is 10.3. The minimum absolute atomic E-state index is 0.430. The highest BCUT2D eigenvalue weighted by atomic mass is 16.5. The Morgan fingerprint density at radius 1 is 1.19 bits per heavy atom. The van der Waals surface area contributed by atoms with E-state index in [0.29, 0.717) is 18.4 Å². The number of rotatable bonds is 3. The van der Waals surface area contributed by atoms with Crippen molar-refractivity contribution in [1.29, 1.82) is 0 Å². The van der Waals surface area contributed by atoms with Crippen LogP contribution in [-0.2, 0) is 6.54 Å². The van der Waals surface area contributed by atoms with E-state index < -0.39 is 0 Å². The Hall–Kier alpha value is -2.48. The van der Waals surface area contributed by atoms with Crippen molar-refractivity contribution in [2.75, 3.05) is 31.1 Å². The number of aromatic nitrogens is 5. The van der Waals surface area contributed by atoms with Crippen molar-refractivity contribution < 1.29 is 4.52 Å². The van der Waals surface area contributed by atoms with Crippen LogP contribution in [0.1, 0.15) is 5.89 Å². The van der Waals surface area contributed by atoms with E-state index in [9.17, 15) is 0 Å². The summed E-state index contributed by atoms with van der Waals surface area (Å²) in [6.45, 7) is 4.10. The molecule has 8 heteroatoms. The first-order chi connectivity index (χ1) is 10.4. The Bertz CT molecular complexity index is 744. The molecule has 1 N–H and O–H groups in total. The highest BCUT2D eigenvalue weighted by Gasteiger charge is 2.17. The molecule has 0 radical (unpaired) electrons.